The fourth-order valence-corrected chi connectivity index (χ4v) is 5.24. The van der Waals surface area contributed by atoms with E-state index in [9.17, 15) is 14.0 Å². The molecule has 1 aliphatic rings. The number of benzene rings is 3. The Morgan fingerprint density at radius 3 is 2.37 bits per heavy atom. The van der Waals surface area contributed by atoms with Crippen molar-refractivity contribution in [3.63, 3.8) is 0 Å². The van der Waals surface area contributed by atoms with Crippen LogP contribution in [0.5, 0.6) is 5.75 Å². The number of carbonyl (C=O) groups is 2. The van der Waals surface area contributed by atoms with Crippen LogP contribution in [0.25, 0.3) is 27.9 Å². The van der Waals surface area contributed by atoms with Gasteiger partial charge in [-0.05, 0) is 78.9 Å². The molecule has 1 saturated carbocycles. The number of nitrogens with one attached hydrogen (secondary N) is 2. The van der Waals surface area contributed by atoms with Crippen molar-refractivity contribution in [2.75, 3.05) is 14.2 Å². The standard InChI is InChI=1S/C32H28FN5O3/c1-19-15-27(41-3)25(30(39)36-32(13-14-32)22-7-5-4-6-8-22)17-24(19)21-16-26-28(31(40)34-2)29(37-38(26)35-18-21)20-9-11-23(33)12-10-20/h4-12,15-18H,13-14H2,1-3H3,(H,34,40)(H,36,39). The van der Waals surface area contributed by atoms with Gasteiger partial charge in [0.15, 0.2) is 0 Å². The molecule has 0 atom stereocenters. The van der Waals surface area contributed by atoms with Gasteiger partial charge in [-0.2, -0.15) is 9.73 Å². The first-order chi connectivity index (χ1) is 19.8. The molecule has 1 fully saturated rings. The van der Waals surface area contributed by atoms with Crippen LogP contribution in [0.15, 0.2) is 79.0 Å². The molecular formula is C32H28FN5O3. The van der Waals surface area contributed by atoms with Crippen molar-refractivity contribution in [3.05, 3.63) is 107 Å². The number of halogens is 1. The van der Waals surface area contributed by atoms with Gasteiger partial charge in [-0.1, -0.05) is 30.3 Å². The summed E-state index contributed by atoms with van der Waals surface area (Å²) in [6, 6.07) is 21.2. The van der Waals surface area contributed by atoms with Crippen LogP contribution in [0.1, 0.15) is 44.7 Å². The molecule has 3 aromatic carbocycles. The van der Waals surface area contributed by atoms with Crippen molar-refractivity contribution in [2.45, 2.75) is 25.3 Å². The Morgan fingerprint density at radius 2 is 1.71 bits per heavy atom. The minimum atomic E-state index is -0.384. The van der Waals surface area contributed by atoms with Gasteiger partial charge < -0.3 is 15.4 Å². The molecule has 0 bridgehead atoms. The van der Waals surface area contributed by atoms with Gasteiger partial charge in [0, 0.05) is 18.2 Å². The summed E-state index contributed by atoms with van der Waals surface area (Å²) in [5.74, 6) is -0.491. The molecule has 1 aliphatic carbocycles. The number of ether oxygens (including phenoxy) is 1. The Bertz CT molecular complexity index is 1790. The van der Waals surface area contributed by atoms with Crippen molar-refractivity contribution < 1.29 is 18.7 Å². The molecule has 0 radical (unpaired) electrons. The summed E-state index contributed by atoms with van der Waals surface area (Å²) in [7, 11) is 3.08. The van der Waals surface area contributed by atoms with Gasteiger partial charge in [0.2, 0.25) is 0 Å². The first-order valence-electron chi connectivity index (χ1n) is 13.3. The lowest BCUT2D eigenvalue weighted by Gasteiger charge is -2.20. The third kappa shape index (κ3) is 4.69. The summed E-state index contributed by atoms with van der Waals surface area (Å²) in [5.41, 5.74) is 5.20. The van der Waals surface area contributed by atoms with Crippen LogP contribution < -0.4 is 15.4 Å². The van der Waals surface area contributed by atoms with E-state index in [0.29, 0.717) is 39.2 Å². The topological polar surface area (TPSA) is 97.6 Å². The van der Waals surface area contributed by atoms with E-state index < -0.39 is 0 Å². The molecule has 0 saturated heterocycles. The highest BCUT2D eigenvalue weighted by Gasteiger charge is 2.46. The summed E-state index contributed by atoms with van der Waals surface area (Å²) in [5, 5.41) is 14.9. The second-order valence-electron chi connectivity index (χ2n) is 10.2. The van der Waals surface area contributed by atoms with Crippen LogP contribution >= 0.6 is 0 Å². The predicted molar refractivity (Wildman–Crippen MR) is 153 cm³/mol. The SMILES string of the molecule is CNC(=O)c1c(-c2ccc(F)cc2)nn2ncc(-c3cc(C(=O)NC4(c5ccccc5)CC4)c(OC)cc3C)cc12. The second kappa shape index (κ2) is 10.2. The van der Waals surface area contributed by atoms with Gasteiger partial charge in [0.05, 0.1) is 30.0 Å². The number of nitrogens with zero attached hydrogens (tertiary/aromatic N) is 3. The second-order valence-corrected chi connectivity index (χ2v) is 10.2. The zero-order chi connectivity index (χ0) is 28.7. The normalized spacial score (nSPS) is 13.6. The molecule has 0 spiro atoms. The monoisotopic (exact) mass is 549 g/mol. The lowest BCUT2D eigenvalue weighted by molar-refractivity contribution is 0.0926. The summed E-state index contributed by atoms with van der Waals surface area (Å²) < 4.78 is 20.6. The Balaban J connectivity index is 1.43. The van der Waals surface area contributed by atoms with Gasteiger partial charge in [0.25, 0.3) is 11.8 Å². The molecule has 6 rings (SSSR count). The molecular weight excluding hydrogens is 521 g/mol. The summed E-state index contributed by atoms with van der Waals surface area (Å²) in [4.78, 5) is 26.6. The molecule has 2 heterocycles. The molecule has 8 nitrogen and oxygen atoms in total. The third-order valence-corrected chi connectivity index (χ3v) is 7.60. The average Bonchev–Trinajstić information content (AvgIpc) is 3.68. The van der Waals surface area contributed by atoms with E-state index in [2.05, 4.69) is 20.8 Å². The maximum Gasteiger partial charge on any atom is 0.255 e. The Kier molecular flexibility index (Phi) is 6.49. The van der Waals surface area contributed by atoms with Crippen LogP contribution in [0.2, 0.25) is 0 Å². The van der Waals surface area contributed by atoms with Crippen molar-refractivity contribution >= 4 is 17.3 Å². The molecule has 9 heteroatoms. The number of rotatable bonds is 7. The molecule has 2 amide bonds. The maximum atomic E-state index is 13.6. The Morgan fingerprint density at radius 1 is 0.976 bits per heavy atom. The quantitative estimate of drug-likeness (QED) is 0.287. The average molecular weight is 550 g/mol. The van der Waals surface area contributed by atoms with Gasteiger partial charge in [0.1, 0.15) is 22.8 Å². The molecule has 41 heavy (non-hydrogen) atoms. The van der Waals surface area contributed by atoms with E-state index in [-0.39, 0.29) is 23.2 Å². The van der Waals surface area contributed by atoms with Crippen LogP contribution in [0.3, 0.4) is 0 Å². The minimum absolute atomic E-state index is 0.229. The van der Waals surface area contributed by atoms with Gasteiger partial charge in [-0.25, -0.2) is 4.39 Å². The number of hydrogen-bond donors (Lipinski definition) is 2. The lowest BCUT2D eigenvalue weighted by atomic mass is 9.96. The summed E-state index contributed by atoms with van der Waals surface area (Å²) >= 11 is 0. The van der Waals surface area contributed by atoms with Crippen LogP contribution in [0.4, 0.5) is 4.39 Å². The lowest BCUT2D eigenvalue weighted by Crippen LogP contribution is -2.35. The highest BCUT2D eigenvalue weighted by atomic mass is 19.1. The van der Waals surface area contributed by atoms with Gasteiger partial charge in [-0.15, -0.1) is 5.10 Å². The van der Waals surface area contributed by atoms with E-state index in [1.54, 1.807) is 31.5 Å². The van der Waals surface area contributed by atoms with Crippen molar-refractivity contribution in [1.82, 2.24) is 25.5 Å². The van der Waals surface area contributed by atoms with Crippen LogP contribution in [-0.2, 0) is 5.54 Å². The minimum Gasteiger partial charge on any atom is -0.496 e. The molecule has 5 aromatic rings. The van der Waals surface area contributed by atoms with Gasteiger partial charge in [-0.3, -0.25) is 9.59 Å². The van der Waals surface area contributed by atoms with E-state index in [1.165, 1.54) is 23.8 Å². The molecule has 0 aliphatic heterocycles. The molecule has 2 aromatic heterocycles. The number of amides is 2. The first kappa shape index (κ1) is 26.2. The van der Waals surface area contributed by atoms with Crippen molar-refractivity contribution in [1.29, 1.82) is 0 Å². The fraction of sp³-hybridized carbons (Fsp3) is 0.188. The van der Waals surface area contributed by atoms with E-state index >= 15 is 0 Å². The van der Waals surface area contributed by atoms with E-state index in [1.807, 2.05) is 49.4 Å². The van der Waals surface area contributed by atoms with Crippen LogP contribution in [0, 0.1) is 12.7 Å². The number of aryl methyl sites for hydroxylation is 1. The number of hydrogen-bond acceptors (Lipinski definition) is 5. The number of carbonyl (C=O) groups excluding carboxylic acids is 2. The first-order valence-corrected chi connectivity index (χ1v) is 13.3. The summed E-state index contributed by atoms with van der Waals surface area (Å²) in [6.07, 6.45) is 3.37. The molecule has 0 unspecified atom stereocenters. The number of methoxy groups -OCH3 is 1. The summed E-state index contributed by atoms with van der Waals surface area (Å²) in [6.45, 7) is 1.93. The largest absolute Gasteiger partial charge is 0.496 e. The predicted octanol–water partition coefficient (Wildman–Crippen LogP) is 5.30. The Hall–Kier alpha value is -5.05. The highest BCUT2D eigenvalue weighted by molar-refractivity contribution is 6.07. The number of aromatic nitrogens is 3. The maximum absolute atomic E-state index is 13.6. The molecule has 206 valence electrons. The highest BCUT2D eigenvalue weighted by Crippen LogP contribution is 2.46. The Labute approximate surface area is 236 Å². The van der Waals surface area contributed by atoms with Crippen molar-refractivity contribution in [3.8, 4) is 28.1 Å². The third-order valence-electron chi connectivity index (χ3n) is 7.60. The van der Waals surface area contributed by atoms with Gasteiger partial charge >= 0.3 is 0 Å². The smallest absolute Gasteiger partial charge is 0.255 e. The molecule has 2 N–H and O–H groups in total. The zero-order valence-electron chi connectivity index (χ0n) is 22.9. The van der Waals surface area contributed by atoms with E-state index in [4.69, 9.17) is 4.74 Å². The zero-order valence-corrected chi connectivity index (χ0v) is 22.9. The van der Waals surface area contributed by atoms with E-state index in [0.717, 1.165) is 29.5 Å². The number of fused-ring (bicyclic) bond motifs is 1. The fourth-order valence-electron chi connectivity index (χ4n) is 5.24. The van der Waals surface area contributed by atoms with Crippen LogP contribution in [-0.4, -0.2) is 40.8 Å². The van der Waals surface area contributed by atoms with Crippen molar-refractivity contribution in [2.24, 2.45) is 0 Å².